The molecule has 0 spiro atoms. The van der Waals surface area contributed by atoms with Gasteiger partial charge in [0.15, 0.2) is 0 Å². The van der Waals surface area contributed by atoms with Crippen molar-refractivity contribution in [3.05, 3.63) is 0 Å². The number of hydrogen-bond donors (Lipinski definition) is 2. The summed E-state index contributed by atoms with van der Waals surface area (Å²) in [6.45, 7) is 6.05. The fourth-order valence-corrected chi connectivity index (χ4v) is 4.85. The third kappa shape index (κ3) is 5.23. The summed E-state index contributed by atoms with van der Waals surface area (Å²) in [4.78, 5) is 17.7. The maximum Gasteiger partial charge on any atom is 0.227 e. The smallest absolute Gasteiger partial charge is 0.227 e. The Kier molecular flexibility index (Phi) is 9.47. The van der Waals surface area contributed by atoms with Crippen LogP contribution in [0.2, 0.25) is 0 Å². The van der Waals surface area contributed by atoms with E-state index in [-0.39, 0.29) is 30.2 Å². The molecule has 7 heteroatoms. The zero-order valence-corrected chi connectivity index (χ0v) is 17.4. The number of carbonyl (C=O) groups is 1. The summed E-state index contributed by atoms with van der Waals surface area (Å²) in [5, 5.41) is 6.73. The zero-order chi connectivity index (χ0) is 16.3. The molecular weight excluding hydrogens is 359 g/mol. The van der Waals surface area contributed by atoms with E-state index in [0.717, 1.165) is 51.7 Å². The third-order valence-corrected chi connectivity index (χ3v) is 6.49. The van der Waals surface area contributed by atoms with Crippen LogP contribution in [0.25, 0.3) is 0 Å². The Hall–Kier alpha value is -0.0700. The lowest BCUT2D eigenvalue weighted by molar-refractivity contribution is -0.134. The van der Waals surface area contributed by atoms with Gasteiger partial charge in [-0.15, -0.1) is 24.8 Å². The molecule has 1 aliphatic carbocycles. The summed E-state index contributed by atoms with van der Waals surface area (Å²) in [6.07, 6.45) is 7.29. The minimum atomic E-state index is -0.101. The molecule has 0 aromatic heterocycles. The van der Waals surface area contributed by atoms with Gasteiger partial charge in [0.2, 0.25) is 5.91 Å². The van der Waals surface area contributed by atoms with Crippen LogP contribution in [0, 0.1) is 11.3 Å². The summed E-state index contributed by atoms with van der Waals surface area (Å²) in [5.41, 5.74) is -0.101. The fraction of sp³-hybridized carbons (Fsp3) is 0.944. The van der Waals surface area contributed by atoms with Gasteiger partial charge in [0.1, 0.15) is 0 Å². The molecule has 0 aromatic rings. The van der Waals surface area contributed by atoms with Crippen LogP contribution in [0.5, 0.6) is 0 Å². The third-order valence-electron chi connectivity index (χ3n) is 6.49. The van der Waals surface area contributed by atoms with Crippen molar-refractivity contribution in [2.24, 2.45) is 11.3 Å². The largest absolute Gasteiger partial charge is 0.354 e. The van der Waals surface area contributed by atoms with Crippen molar-refractivity contribution in [3.63, 3.8) is 0 Å². The topological polar surface area (TPSA) is 47.6 Å². The molecule has 5 nitrogen and oxygen atoms in total. The van der Waals surface area contributed by atoms with Crippen molar-refractivity contribution >= 4 is 30.7 Å². The molecule has 25 heavy (non-hydrogen) atoms. The van der Waals surface area contributed by atoms with Gasteiger partial charge >= 0.3 is 0 Å². The quantitative estimate of drug-likeness (QED) is 0.745. The highest BCUT2D eigenvalue weighted by Gasteiger charge is 2.49. The highest BCUT2D eigenvalue weighted by molar-refractivity contribution is 5.85. The average molecular weight is 395 g/mol. The first kappa shape index (κ1) is 23.0. The van der Waals surface area contributed by atoms with Crippen LogP contribution in [0.15, 0.2) is 0 Å². The predicted molar refractivity (Wildman–Crippen MR) is 108 cm³/mol. The van der Waals surface area contributed by atoms with Gasteiger partial charge in [-0.05, 0) is 65.3 Å². The van der Waals surface area contributed by atoms with Gasteiger partial charge in [-0.2, -0.15) is 0 Å². The first-order valence-corrected chi connectivity index (χ1v) is 9.49. The van der Waals surface area contributed by atoms with Crippen molar-refractivity contribution in [1.29, 1.82) is 0 Å². The number of rotatable bonds is 5. The Bertz CT molecular complexity index is 416. The number of piperidine rings is 1. The fourth-order valence-electron chi connectivity index (χ4n) is 4.85. The molecule has 2 aliphatic heterocycles. The first-order valence-electron chi connectivity index (χ1n) is 9.49. The van der Waals surface area contributed by atoms with Crippen molar-refractivity contribution in [1.82, 2.24) is 20.4 Å². The molecule has 2 atom stereocenters. The SMILES string of the molecule is CN(C)C1CCN(CCNC(=O)[C@@]23CCCC[C@H]2CNC3)CC1.Cl.Cl. The lowest BCUT2D eigenvalue weighted by Gasteiger charge is -2.38. The Morgan fingerprint density at radius 1 is 1.20 bits per heavy atom. The second kappa shape index (κ2) is 10.3. The Labute approximate surface area is 165 Å². The minimum Gasteiger partial charge on any atom is -0.354 e. The number of nitrogens with one attached hydrogen (secondary N) is 2. The number of nitrogens with zero attached hydrogens (tertiary/aromatic N) is 2. The molecule has 1 amide bonds. The van der Waals surface area contributed by atoms with Gasteiger partial charge in [-0.25, -0.2) is 0 Å². The lowest BCUT2D eigenvalue weighted by atomic mass is 9.67. The minimum absolute atomic E-state index is 0. The van der Waals surface area contributed by atoms with Gasteiger partial charge in [-0.3, -0.25) is 4.79 Å². The van der Waals surface area contributed by atoms with E-state index in [1.807, 2.05) is 0 Å². The predicted octanol–water partition coefficient (Wildman–Crippen LogP) is 1.75. The molecular formula is C18H36Cl2N4O. The Morgan fingerprint density at radius 3 is 2.60 bits per heavy atom. The van der Waals surface area contributed by atoms with E-state index in [1.165, 1.54) is 32.1 Å². The number of fused-ring (bicyclic) bond motifs is 1. The second-order valence-corrected chi connectivity index (χ2v) is 8.02. The number of halogens is 2. The summed E-state index contributed by atoms with van der Waals surface area (Å²) in [5.74, 6) is 0.877. The average Bonchev–Trinajstić information content (AvgIpc) is 3.00. The zero-order valence-electron chi connectivity index (χ0n) is 15.8. The van der Waals surface area contributed by atoms with Gasteiger partial charge in [-0.1, -0.05) is 12.8 Å². The number of carbonyl (C=O) groups excluding carboxylic acids is 1. The Morgan fingerprint density at radius 2 is 1.92 bits per heavy atom. The van der Waals surface area contributed by atoms with Crippen LogP contribution in [0.4, 0.5) is 0 Å². The molecule has 3 rings (SSSR count). The molecule has 0 bridgehead atoms. The van der Waals surface area contributed by atoms with Crippen molar-refractivity contribution in [3.8, 4) is 0 Å². The Balaban J connectivity index is 0.00000156. The summed E-state index contributed by atoms with van der Waals surface area (Å²) in [7, 11) is 4.35. The van der Waals surface area contributed by atoms with Crippen LogP contribution in [-0.2, 0) is 4.79 Å². The highest BCUT2D eigenvalue weighted by atomic mass is 35.5. The van der Waals surface area contributed by atoms with Crippen molar-refractivity contribution in [2.45, 2.75) is 44.6 Å². The summed E-state index contributed by atoms with van der Waals surface area (Å²) in [6, 6.07) is 0.729. The van der Waals surface area contributed by atoms with E-state index in [0.29, 0.717) is 11.8 Å². The van der Waals surface area contributed by atoms with Crippen LogP contribution in [0.1, 0.15) is 38.5 Å². The molecule has 0 unspecified atom stereocenters. The van der Waals surface area contributed by atoms with E-state index in [4.69, 9.17) is 0 Å². The molecule has 2 N–H and O–H groups in total. The van der Waals surface area contributed by atoms with E-state index >= 15 is 0 Å². The second-order valence-electron chi connectivity index (χ2n) is 8.02. The normalized spacial score (nSPS) is 30.3. The molecule has 3 aliphatic rings. The van der Waals surface area contributed by atoms with Crippen LogP contribution in [-0.4, -0.2) is 75.1 Å². The lowest BCUT2D eigenvalue weighted by Crippen LogP contribution is -2.50. The number of hydrogen-bond acceptors (Lipinski definition) is 4. The van der Waals surface area contributed by atoms with Crippen LogP contribution < -0.4 is 10.6 Å². The maximum atomic E-state index is 12.8. The first-order chi connectivity index (χ1) is 11.1. The standard InChI is InChI=1S/C18H34N4O.2ClH/c1-21(2)16-6-10-22(11-7-16)12-9-20-17(23)18-8-4-3-5-15(18)13-19-14-18;;/h15-16,19H,3-14H2,1-2H3,(H,20,23);2*1H/t15-,18+;;/m0../s1. The molecule has 3 fully saturated rings. The van der Waals surface area contributed by atoms with E-state index < -0.39 is 0 Å². The van der Waals surface area contributed by atoms with Gasteiger partial charge < -0.3 is 20.4 Å². The number of amides is 1. The van der Waals surface area contributed by atoms with Crippen LogP contribution in [0.3, 0.4) is 0 Å². The summed E-state index contributed by atoms with van der Waals surface area (Å²) >= 11 is 0. The monoisotopic (exact) mass is 394 g/mol. The maximum absolute atomic E-state index is 12.8. The molecule has 0 aromatic carbocycles. The number of likely N-dealkylation sites (tertiary alicyclic amines) is 1. The van der Waals surface area contributed by atoms with Gasteiger partial charge in [0, 0.05) is 25.7 Å². The molecule has 0 radical (unpaired) electrons. The molecule has 2 saturated heterocycles. The summed E-state index contributed by atoms with van der Waals surface area (Å²) < 4.78 is 0. The van der Waals surface area contributed by atoms with E-state index in [1.54, 1.807) is 0 Å². The van der Waals surface area contributed by atoms with E-state index in [9.17, 15) is 4.79 Å². The molecule has 2 heterocycles. The van der Waals surface area contributed by atoms with Crippen LogP contribution >= 0.6 is 24.8 Å². The highest BCUT2D eigenvalue weighted by Crippen LogP contribution is 2.43. The van der Waals surface area contributed by atoms with E-state index in [2.05, 4.69) is 34.5 Å². The van der Waals surface area contributed by atoms with Gasteiger partial charge in [0.05, 0.1) is 5.41 Å². The van der Waals surface area contributed by atoms with Crippen molar-refractivity contribution in [2.75, 3.05) is 53.4 Å². The molecule has 1 saturated carbocycles. The molecule has 148 valence electrons. The van der Waals surface area contributed by atoms with Gasteiger partial charge in [0.25, 0.3) is 0 Å². The van der Waals surface area contributed by atoms with Crippen molar-refractivity contribution < 1.29 is 4.79 Å².